The number of carbonyl (C=O) groups is 1. The molecule has 1 aliphatic carbocycles. The van der Waals surface area contributed by atoms with Crippen LogP contribution in [0.2, 0.25) is 0 Å². The second-order valence-electron chi connectivity index (χ2n) is 10.2. The van der Waals surface area contributed by atoms with Crippen molar-refractivity contribution in [3.05, 3.63) is 46.7 Å². The lowest BCUT2D eigenvalue weighted by atomic mass is 9.65. The number of aromatic hydroxyl groups is 1. The molecule has 0 radical (unpaired) electrons. The summed E-state index contributed by atoms with van der Waals surface area (Å²) >= 11 is 1.33. The number of thiophene rings is 1. The van der Waals surface area contributed by atoms with E-state index in [0.717, 1.165) is 17.4 Å². The predicted molar refractivity (Wildman–Crippen MR) is 123 cm³/mol. The molecule has 3 aromatic rings. The average Bonchev–Trinajstić information content (AvgIpc) is 3.37. The normalized spacial score (nSPS) is 25.6. The van der Waals surface area contributed by atoms with E-state index in [1.54, 1.807) is 6.07 Å². The van der Waals surface area contributed by atoms with Gasteiger partial charge in [0.1, 0.15) is 0 Å². The van der Waals surface area contributed by atoms with Crippen LogP contribution in [0.1, 0.15) is 49.7 Å². The number of likely N-dealkylation sites (tertiary alicyclic amines) is 1. The second-order valence-corrected chi connectivity index (χ2v) is 11.1. The van der Waals surface area contributed by atoms with Gasteiger partial charge in [-0.15, -0.1) is 21.6 Å². The van der Waals surface area contributed by atoms with Crippen molar-refractivity contribution in [1.82, 2.24) is 9.47 Å². The number of fused-ring (bicyclic) bond motifs is 3. The largest absolute Gasteiger partial charge is 0.493 e. The molecule has 2 aromatic heterocycles. The molecule has 3 heterocycles. The fourth-order valence-electron chi connectivity index (χ4n) is 5.98. The molecule has 2 atom stereocenters. The maximum atomic E-state index is 12.3. The van der Waals surface area contributed by atoms with Crippen molar-refractivity contribution in [2.45, 2.75) is 52.7 Å². The zero-order chi connectivity index (χ0) is 21.8. The lowest BCUT2D eigenvalue weighted by molar-refractivity contribution is 0.0999. The van der Waals surface area contributed by atoms with Gasteiger partial charge in [0, 0.05) is 18.0 Å². The molecule has 2 aliphatic rings. The minimum atomic E-state index is -0.394. The maximum absolute atomic E-state index is 12.3. The van der Waals surface area contributed by atoms with E-state index < -0.39 is 5.91 Å². The lowest BCUT2D eigenvalue weighted by Gasteiger charge is -2.40. The molecule has 0 unspecified atom stereocenters. The van der Waals surface area contributed by atoms with Gasteiger partial charge in [-0.3, -0.25) is 14.3 Å². The quantitative estimate of drug-likeness (QED) is 0.496. The van der Waals surface area contributed by atoms with Crippen LogP contribution in [0.5, 0.6) is 5.88 Å². The molecule has 1 aliphatic heterocycles. The Kier molecular flexibility index (Phi) is 4.79. The van der Waals surface area contributed by atoms with Gasteiger partial charge in [-0.1, -0.05) is 45.0 Å². The topological polar surface area (TPSA) is 70.2 Å². The van der Waals surface area contributed by atoms with Gasteiger partial charge in [0.2, 0.25) is 5.88 Å². The summed E-state index contributed by atoms with van der Waals surface area (Å²) in [7, 11) is 0. The molecule has 2 fully saturated rings. The van der Waals surface area contributed by atoms with Gasteiger partial charge in [-0.25, -0.2) is 0 Å². The maximum Gasteiger partial charge on any atom is 0.305 e. The Bertz CT molecular complexity index is 1160. The zero-order valence-electron chi connectivity index (χ0n) is 18.2. The number of nitrogens with zero attached hydrogens (tertiary/aromatic N) is 4. The van der Waals surface area contributed by atoms with Crippen LogP contribution in [0, 0.1) is 10.8 Å². The average molecular weight is 437 g/mol. The fourth-order valence-corrected chi connectivity index (χ4v) is 6.58. The van der Waals surface area contributed by atoms with Crippen molar-refractivity contribution in [3.63, 3.8) is 0 Å². The van der Waals surface area contributed by atoms with Crippen LogP contribution in [0.25, 0.3) is 10.9 Å². The van der Waals surface area contributed by atoms with Crippen LogP contribution >= 0.6 is 11.3 Å². The lowest BCUT2D eigenvalue weighted by Crippen LogP contribution is -2.35. The number of rotatable bonds is 4. The van der Waals surface area contributed by atoms with Crippen LogP contribution in [-0.4, -0.2) is 33.1 Å². The Morgan fingerprint density at radius 3 is 2.77 bits per heavy atom. The van der Waals surface area contributed by atoms with Crippen LogP contribution in [0.4, 0.5) is 5.69 Å². The molecule has 0 spiro atoms. The number of carbonyl (C=O) groups excluding carboxylic acids is 1. The smallest absolute Gasteiger partial charge is 0.305 e. The summed E-state index contributed by atoms with van der Waals surface area (Å²) in [5, 5.41) is 21.8. The highest BCUT2D eigenvalue weighted by atomic mass is 32.1. The Hall–Kier alpha value is -2.51. The molecule has 1 saturated carbocycles. The first-order chi connectivity index (χ1) is 14.7. The Morgan fingerprint density at radius 2 is 2.00 bits per heavy atom. The SMILES string of the molecule is CC1(C)C[C@@H]2C[C@](C)(CN2Cn2c(O)c(N=NC(=O)c3cccs3)c3ccccc32)C1. The summed E-state index contributed by atoms with van der Waals surface area (Å²) in [5.41, 5.74) is 1.92. The minimum Gasteiger partial charge on any atom is -0.493 e. The van der Waals surface area contributed by atoms with E-state index in [-0.39, 0.29) is 5.88 Å². The molecule has 5 rings (SSSR count). The molecule has 7 heteroatoms. The minimum absolute atomic E-state index is 0.0646. The molecule has 1 amide bonds. The summed E-state index contributed by atoms with van der Waals surface area (Å²) < 4.78 is 1.91. The Labute approximate surface area is 186 Å². The number of benzene rings is 1. The number of azo groups is 1. The monoisotopic (exact) mass is 436 g/mol. The number of aromatic nitrogens is 1. The molecule has 162 valence electrons. The number of hydrogen-bond acceptors (Lipinski definition) is 5. The second kappa shape index (κ2) is 7.28. The third-order valence-electron chi connectivity index (χ3n) is 6.74. The summed E-state index contributed by atoms with van der Waals surface area (Å²) in [6, 6.07) is 11.8. The van der Waals surface area contributed by atoms with Crippen LogP contribution in [0.15, 0.2) is 52.0 Å². The fraction of sp³-hybridized carbons (Fsp3) is 0.458. The molecule has 1 N–H and O–H groups in total. The van der Waals surface area contributed by atoms with Gasteiger partial charge in [0.05, 0.1) is 17.1 Å². The first-order valence-electron chi connectivity index (χ1n) is 10.8. The van der Waals surface area contributed by atoms with Crippen molar-refractivity contribution >= 4 is 33.8 Å². The van der Waals surface area contributed by atoms with E-state index in [1.807, 2.05) is 40.3 Å². The summed E-state index contributed by atoms with van der Waals surface area (Å²) in [6.45, 7) is 8.77. The van der Waals surface area contributed by atoms with Crippen molar-refractivity contribution in [2.24, 2.45) is 21.1 Å². The third-order valence-corrected chi connectivity index (χ3v) is 7.59. The first-order valence-corrected chi connectivity index (χ1v) is 11.7. The molecule has 1 aromatic carbocycles. The standard InChI is InChI=1S/C24H28N4O2S/c1-23(2)11-16-12-24(3,13-23)14-27(16)15-28-18-8-5-4-7-17(18)20(22(28)30)25-26-21(29)19-9-6-10-31-19/h4-10,16,30H,11-15H2,1-3H3/t16-,24+/m1/s1. The number of amides is 1. The molecule has 31 heavy (non-hydrogen) atoms. The van der Waals surface area contributed by atoms with E-state index >= 15 is 0 Å². The van der Waals surface area contributed by atoms with Crippen LogP contribution in [0.3, 0.4) is 0 Å². The van der Waals surface area contributed by atoms with Crippen molar-refractivity contribution in [2.75, 3.05) is 6.54 Å². The Morgan fingerprint density at radius 1 is 1.19 bits per heavy atom. The number of hydrogen-bond donors (Lipinski definition) is 1. The van der Waals surface area contributed by atoms with Gasteiger partial charge in [0.25, 0.3) is 0 Å². The molecular formula is C24H28N4O2S. The van der Waals surface area contributed by atoms with Crippen LogP contribution in [-0.2, 0) is 6.67 Å². The van der Waals surface area contributed by atoms with E-state index in [2.05, 4.69) is 35.9 Å². The highest BCUT2D eigenvalue weighted by Crippen LogP contribution is 2.53. The van der Waals surface area contributed by atoms with Crippen molar-refractivity contribution in [3.8, 4) is 5.88 Å². The van der Waals surface area contributed by atoms with E-state index in [1.165, 1.54) is 30.6 Å². The van der Waals surface area contributed by atoms with Crippen LogP contribution < -0.4 is 0 Å². The molecule has 2 bridgehead atoms. The highest BCUT2D eigenvalue weighted by Gasteiger charge is 2.49. The zero-order valence-corrected chi connectivity index (χ0v) is 19.0. The summed E-state index contributed by atoms with van der Waals surface area (Å²) in [4.78, 5) is 15.3. The summed E-state index contributed by atoms with van der Waals surface area (Å²) in [6.07, 6.45) is 3.61. The van der Waals surface area contributed by atoms with Gasteiger partial charge < -0.3 is 5.11 Å². The van der Waals surface area contributed by atoms with E-state index in [0.29, 0.717) is 34.1 Å². The predicted octanol–water partition coefficient (Wildman–Crippen LogP) is 6.19. The Balaban J connectivity index is 1.48. The third kappa shape index (κ3) is 3.70. The van der Waals surface area contributed by atoms with Gasteiger partial charge in [0.15, 0.2) is 5.69 Å². The van der Waals surface area contributed by atoms with Gasteiger partial charge in [-0.2, -0.15) is 0 Å². The van der Waals surface area contributed by atoms with Gasteiger partial charge >= 0.3 is 5.91 Å². The number of para-hydroxylation sites is 1. The van der Waals surface area contributed by atoms with Crippen molar-refractivity contribution < 1.29 is 9.90 Å². The molecule has 6 nitrogen and oxygen atoms in total. The molecule has 1 saturated heterocycles. The molecular weight excluding hydrogens is 408 g/mol. The van der Waals surface area contributed by atoms with Gasteiger partial charge in [-0.05, 0) is 47.6 Å². The summed E-state index contributed by atoms with van der Waals surface area (Å²) in [5.74, 6) is -0.329. The van der Waals surface area contributed by atoms with Crippen molar-refractivity contribution in [1.29, 1.82) is 0 Å². The van der Waals surface area contributed by atoms with E-state index in [4.69, 9.17) is 0 Å². The highest BCUT2D eigenvalue weighted by molar-refractivity contribution is 7.12. The van der Waals surface area contributed by atoms with E-state index in [9.17, 15) is 9.90 Å². The first kappa shape index (κ1) is 20.4.